The number of nitrogens with zero attached hydrogens (tertiary/aromatic N) is 1. The van der Waals surface area contributed by atoms with Gasteiger partial charge in [0.2, 0.25) is 10.0 Å². The van der Waals surface area contributed by atoms with Crippen molar-refractivity contribution in [2.45, 2.75) is 24.7 Å². The Kier molecular flexibility index (Phi) is 6.42. The number of carbonyl (C=O) groups is 2. The fourth-order valence-electron chi connectivity index (χ4n) is 3.29. The third-order valence-corrected chi connectivity index (χ3v) is 6.92. The van der Waals surface area contributed by atoms with E-state index in [4.69, 9.17) is 9.47 Å². The lowest BCUT2D eigenvalue weighted by atomic mass is 10.1. The van der Waals surface area contributed by atoms with Crippen molar-refractivity contribution < 1.29 is 27.5 Å². The molecule has 160 valence electrons. The summed E-state index contributed by atoms with van der Waals surface area (Å²) in [6, 6.07) is 9.02. The Morgan fingerprint density at radius 2 is 1.73 bits per heavy atom. The zero-order chi connectivity index (χ0) is 21.9. The summed E-state index contributed by atoms with van der Waals surface area (Å²) < 4.78 is 37.1. The van der Waals surface area contributed by atoms with Crippen molar-refractivity contribution in [2.75, 3.05) is 32.6 Å². The van der Waals surface area contributed by atoms with E-state index in [1.807, 2.05) is 0 Å². The molecule has 0 saturated carbocycles. The predicted molar refractivity (Wildman–Crippen MR) is 111 cm³/mol. The first kappa shape index (κ1) is 21.8. The lowest BCUT2D eigenvalue weighted by Gasteiger charge is -2.17. The zero-order valence-electron chi connectivity index (χ0n) is 17.1. The normalized spacial score (nSPS) is 14.4. The molecule has 30 heavy (non-hydrogen) atoms. The first-order valence-corrected chi connectivity index (χ1v) is 10.9. The fourth-order valence-corrected chi connectivity index (χ4v) is 4.84. The maximum Gasteiger partial charge on any atom is 0.337 e. The molecule has 8 nitrogen and oxygen atoms in total. The third-order valence-electron chi connectivity index (χ3n) is 5.03. The summed E-state index contributed by atoms with van der Waals surface area (Å²) >= 11 is 0. The minimum atomic E-state index is -3.69. The van der Waals surface area contributed by atoms with Gasteiger partial charge in [0.15, 0.2) is 0 Å². The van der Waals surface area contributed by atoms with Gasteiger partial charge in [-0.05, 0) is 55.7 Å². The van der Waals surface area contributed by atoms with Gasteiger partial charge in [-0.2, -0.15) is 4.31 Å². The smallest absolute Gasteiger partial charge is 0.337 e. The van der Waals surface area contributed by atoms with Gasteiger partial charge in [-0.15, -0.1) is 0 Å². The van der Waals surface area contributed by atoms with E-state index in [2.05, 4.69) is 5.32 Å². The molecule has 2 aromatic carbocycles. The highest BCUT2D eigenvalue weighted by Gasteiger charge is 2.28. The Hall–Kier alpha value is -2.91. The molecule has 1 fully saturated rings. The molecule has 2 aromatic rings. The van der Waals surface area contributed by atoms with E-state index < -0.39 is 21.9 Å². The maximum absolute atomic E-state index is 13.0. The van der Waals surface area contributed by atoms with Gasteiger partial charge in [0, 0.05) is 18.8 Å². The van der Waals surface area contributed by atoms with Gasteiger partial charge in [0.25, 0.3) is 5.91 Å². The first-order chi connectivity index (χ1) is 14.3. The highest BCUT2D eigenvalue weighted by Crippen LogP contribution is 2.28. The number of aryl methyl sites for hydroxylation is 1. The van der Waals surface area contributed by atoms with Gasteiger partial charge in [-0.1, -0.05) is 6.07 Å². The van der Waals surface area contributed by atoms with Crippen LogP contribution < -0.4 is 10.1 Å². The van der Waals surface area contributed by atoms with Crippen LogP contribution >= 0.6 is 0 Å². The second-order valence-electron chi connectivity index (χ2n) is 6.95. The van der Waals surface area contributed by atoms with Crippen LogP contribution in [0.15, 0.2) is 41.3 Å². The van der Waals surface area contributed by atoms with E-state index in [1.54, 1.807) is 19.1 Å². The second-order valence-corrected chi connectivity index (χ2v) is 8.89. The molecule has 0 atom stereocenters. The zero-order valence-corrected chi connectivity index (χ0v) is 17.9. The number of nitrogens with one attached hydrogen (secondary N) is 1. The summed E-state index contributed by atoms with van der Waals surface area (Å²) in [5.41, 5.74) is 1.52. The minimum Gasteiger partial charge on any atom is -0.496 e. The van der Waals surface area contributed by atoms with Crippen molar-refractivity contribution in [3.8, 4) is 5.75 Å². The van der Waals surface area contributed by atoms with Crippen LogP contribution in [0.1, 0.15) is 39.1 Å². The van der Waals surface area contributed by atoms with Crippen molar-refractivity contribution >= 4 is 27.6 Å². The van der Waals surface area contributed by atoms with Crippen molar-refractivity contribution in [3.63, 3.8) is 0 Å². The van der Waals surface area contributed by atoms with E-state index >= 15 is 0 Å². The average Bonchev–Trinajstić information content (AvgIpc) is 3.30. The number of hydrogen-bond acceptors (Lipinski definition) is 6. The van der Waals surface area contributed by atoms with Gasteiger partial charge >= 0.3 is 5.97 Å². The molecule has 0 aromatic heterocycles. The molecule has 1 aliphatic heterocycles. The minimum absolute atomic E-state index is 0.0374. The number of esters is 1. The Morgan fingerprint density at radius 3 is 2.37 bits per heavy atom. The SMILES string of the molecule is COC(=O)c1ccc(C)c(NC(=O)c2cc(S(=O)(=O)N3CCCC3)ccc2OC)c1. The largest absolute Gasteiger partial charge is 0.496 e. The monoisotopic (exact) mass is 432 g/mol. The molecule has 3 rings (SSSR count). The third kappa shape index (κ3) is 4.31. The van der Waals surface area contributed by atoms with Crippen LogP contribution in [0, 0.1) is 6.92 Å². The van der Waals surface area contributed by atoms with Crippen molar-refractivity contribution in [2.24, 2.45) is 0 Å². The molecule has 1 N–H and O–H groups in total. The van der Waals surface area contributed by atoms with Gasteiger partial charge in [-0.3, -0.25) is 4.79 Å². The van der Waals surface area contributed by atoms with Crippen molar-refractivity contribution in [1.29, 1.82) is 0 Å². The Balaban J connectivity index is 1.95. The summed E-state index contributed by atoms with van der Waals surface area (Å²) in [5, 5.41) is 2.73. The lowest BCUT2D eigenvalue weighted by Crippen LogP contribution is -2.28. The van der Waals surface area contributed by atoms with Crippen molar-refractivity contribution in [1.82, 2.24) is 4.31 Å². The number of sulfonamides is 1. The molecule has 0 unspecified atom stereocenters. The molecular formula is C21H24N2O6S. The number of benzene rings is 2. The molecule has 1 aliphatic rings. The topological polar surface area (TPSA) is 102 Å². The number of methoxy groups -OCH3 is 2. The quantitative estimate of drug-likeness (QED) is 0.705. The number of rotatable bonds is 6. The van der Waals surface area contributed by atoms with Gasteiger partial charge in [0.1, 0.15) is 5.75 Å². The lowest BCUT2D eigenvalue weighted by molar-refractivity contribution is 0.0600. The standard InChI is InChI=1S/C21H24N2O6S/c1-14-6-7-15(21(25)29-3)12-18(14)22-20(24)17-13-16(8-9-19(17)28-2)30(26,27)23-10-4-5-11-23/h6-9,12-13H,4-5,10-11H2,1-3H3,(H,22,24). The molecule has 1 amide bonds. The van der Waals surface area contributed by atoms with Crippen LogP contribution in [0.2, 0.25) is 0 Å². The van der Waals surface area contributed by atoms with Gasteiger partial charge in [-0.25, -0.2) is 13.2 Å². The number of carbonyl (C=O) groups excluding carboxylic acids is 2. The van der Waals surface area contributed by atoms with Crippen LogP contribution in [-0.4, -0.2) is 51.9 Å². The van der Waals surface area contributed by atoms with E-state index in [1.165, 1.54) is 42.8 Å². The Labute approximate surface area is 175 Å². The Bertz CT molecular complexity index is 1070. The highest BCUT2D eigenvalue weighted by atomic mass is 32.2. The molecule has 0 radical (unpaired) electrons. The molecule has 9 heteroatoms. The number of hydrogen-bond donors (Lipinski definition) is 1. The summed E-state index contributed by atoms with van der Waals surface area (Å²) in [6.07, 6.45) is 1.64. The molecule has 0 spiro atoms. The van der Waals surface area contributed by atoms with Crippen LogP contribution in [0.25, 0.3) is 0 Å². The highest BCUT2D eigenvalue weighted by molar-refractivity contribution is 7.89. The van der Waals surface area contributed by atoms with Crippen LogP contribution in [-0.2, 0) is 14.8 Å². The molecule has 0 aliphatic carbocycles. The summed E-state index contributed by atoms with van der Waals surface area (Å²) in [4.78, 5) is 24.8. The number of ether oxygens (including phenoxy) is 2. The van der Waals surface area contributed by atoms with E-state index in [9.17, 15) is 18.0 Å². The Morgan fingerprint density at radius 1 is 1.03 bits per heavy atom. The van der Waals surface area contributed by atoms with Gasteiger partial charge in [0.05, 0.1) is 30.2 Å². The van der Waals surface area contributed by atoms with E-state index in [-0.39, 0.29) is 21.8 Å². The average molecular weight is 432 g/mol. The molecular weight excluding hydrogens is 408 g/mol. The van der Waals surface area contributed by atoms with E-state index in [0.29, 0.717) is 18.8 Å². The van der Waals surface area contributed by atoms with Crippen LogP contribution in [0.3, 0.4) is 0 Å². The predicted octanol–water partition coefficient (Wildman–Crippen LogP) is 2.83. The fraction of sp³-hybridized carbons (Fsp3) is 0.333. The first-order valence-electron chi connectivity index (χ1n) is 9.46. The van der Waals surface area contributed by atoms with Crippen LogP contribution in [0.5, 0.6) is 5.75 Å². The summed E-state index contributed by atoms with van der Waals surface area (Å²) in [6.45, 7) is 2.72. The van der Waals surface area contributed by atoms with E-state index in [0.717, 1.165) is 18.4 Å². The van der Waals surface area contributed by atoms with Gasteiger partial charge < -0.3 is 14.8 Å². The molecule has 1 saturated heterocycles. The number of amides is 1. The summed E-state index contributed by atoms with van der Waals surface area (Å²) in [7, 11) is -1.00. The number of anilines is 1. The van der Waals surface area contributed by atoms with Crippen LogP contribution in [0.4, 0.5) is 5.69 Å². The maximum atomic E-state index is 13.0. The second kappa shape index (κ2) is 8.85. The molecule has 0 bridgehead atoms. The summed E-state index contributed by atoms with van der Waals surface area (Å²) in [5.74, 6) is -0.827. The molecule has 1 heterocycles. The van der Waals surface area contributed by atoms with Crippen molar-refractivity contribution in [3.05, 3.63) is 53.1 Å².